The second-order valence-electron chi connectivity index (χ2n) is 3.02. The average molecular weight is 217 g/mol. The van der Waals surface area contributed by atoms with Crippen LogP contribution < -0.4 is 10.5 Å². The van der Waals surface area contributed by atoms with E-state index >= 15 is 0 Å². The van der Waals surface area contributed by atoms with Gasteiger partial charge in [0, 0.05) is 11.8 Å². The van der Waals surface area contributed by atoms with E-state index in [1.165, 1.54) is 0 Å². The molecule has 0 aliphatic carbocycles. The molecule has 2 rings (SSSR count). The molecular formula is C10H11N5O. The largest absolute Gasteiger partial charge is 0.496 e. The molecule has 0 radical (unpaired) electrons. The SMILES string of the molecule is COc1ccccc1/C=N/c1n[nH]c(N)n1. The molecule has 0 unspecified atom stereocenters. The zero-order valence-electron chi connectivity index (χ0n) is 8.71. The normalized spacial score (nSPS) is 10.8. The molecule has 0 fully saturated rings. The van der Waals surface area contributed by atoms with Crippen molar-refractivity contribution < 1.29 is 4.74 Å². The van der Waals surface area contributed by atoms with Gasteiger partial charge in [-0.25, -0.2) is 10.1 Å². The number of hydrogen-bond acceptors (Lipinski definition) is 5. The maximum Gasteiger partial charge on any atom is 0.269 e. The Balaban J connectivity index is 2.23. The van der Waals surface area contributed by atoms with E-state index < -0.39 is 0 Å². The Morgan fingerprint density at radius 3 is 2.94 bits per heavy atom. The summed E-state index contributed by atoms with van der Waals surface area (Å²) in [6.45, 7) is 0. The Hall–Kier alpha value is -2.37. The highest BCUT2D eigenvalue weighted by molar-refractivity contribution is 5.84. The Kier molecular flexibility index (Phi) is 2.81. The Morgan fingerprint density at radius 1 is 1.44 bits per heavy atom. The van der Waals surface area contributed by atoms with Crippen LogP contribution in [0.25, 0.3) is 0 Å². The third-order valence-corrected chi connectivity index (χ3v) is 1.95. The quantitative estimate of drug-likeness (QED) is 0.754. The lowest BCUT2D eigenvalue weighted by molar-refractivity contribution is 0.414. The summed E-state index contributed by atoms with van der Waals surface area (Å²) in [5.41, 5.74) is 6.23. The minimum atomic E-state index is 0.243. The first-order valence-electron chi connectivity index (χ1n) is 4.64. The third kappa shape index (κ3) is 2.17. The van der Waals surface area contributed by atoms with Crippen molar-refractivity contribution in [3.05, 3.63) is 29.8 Å². The molecule has 1 aromatic heterocycles. The topological polar surface area (TPSA) is 89.2 Å². The van der Waals surface area contributed by atoms with E-state index in [0.717, 1.165) is 11.3 Å². The van der Waals surface area contributed by atoms with Crippen LogP contribution in [0, 0.1) is 0 Å². The molecule has 0 saturated carbocycles. The maximum absolute atomic E-state index is 5.38. The molecule has 0 atom stereocenters. The smallest absolute Gasteiger partial charge is 0.269 e. The Labute approximate surface area is 92.2 Å². The van der Waals surface area contributed by atoms with Gasteiger partial charge in [0.05, 0.1) is 7.11 Å². The summed E-state index contributed by atoms with van der Waals surface area (Å²) < 4.78 is 5.17. The fourth-order valence-electron chi connectivity index (χ4n) is 1.22. The van der Waals surface area contributed by atoms with Crippen molar-refractivity contribution >= 4 is 18.1 Å². The molecule has 3 N–H and O–H groups in total. The average Bonchev–Trinajstić information content (AvgIpc) is 2.73. The molecule has 0 aliphatic heterocycles. The van der Waals surface area contributed by atoms with Gasteiger partial charge in [-0.3, -0.25) is 0 Å². The van der Waals surface area contributed by atoms with Gasteiger partial charge >= 0.3 is 0 Å². The van der Waals surface area contributed by atoms with E-state index in [0.29, 0.717) is 5.95 Å². The lowest BCUT2D eigenvalue weighted by Gasteiger charge is -2.01. The second kappa shape index (κ2) is 4.43. The van der Waals surface area contributed by atoms with Crippen molar-refractivity contribution in [2.24, 2.45) is 4.99 Å². The lowest BCUT2D eigenvalue weighted by Crippen LogP contribution is -1.89. The number of rotatable bonds is 3. The van der Waals surface area contributed by atoms with E-state index in [-0.39, 0.29) is 5.95 Å². The molecule has 1 aromatic carbocycles. The van der Waals surface area contributed by atoms with Gasteiger partial charge in [0.25, 0.3) is 5.95 Å². The minimum Gasteiger partial charge on any atom is -0.496 e. The van der Waals surface area contributed by atoms with Crippen molar-refractivity contribution in [2.75, 3.05) is 12.8 Å². The highest BCUT2D eigenvalue weighted by atomic mass is 16.5. The van der Waals surface area contributed by atoms with Crippen LogP contribution in [0.5, 0.6) is 5.75 Å². The van der Waals surface area contributed by atoms with Gasteiger partial charge in [-0.1, -0.05) is 12.1 Å². The fourth-order valence-corrected chi connectivity index (χ4v) is 1.22. The number of hydrogen-bond donors (Lipinski definition) is 2. The molecule has 6 heteroatoms. The first kappa shape index (κ1) is 10.2. The first-order chi connectivity index (χ1) is 7.79. The van der Waals surface area contributed by atoms with E-state index in [1.54, 1.807) is 13.3 Å². The van der Waals surface area contributed by atoms with Crippen LogP contribution in [0.15, 0.2) is 29.3 Å². The van der Waals surface area contributed by atoms with Crippen LogP contribution in [0.2, 0.25) is 0 Å². The monoisotopic (exact) mass is 217 g/mol. The molecule has 0 saturated heterocycles. The van der Waals surface area contributed by atoms with Gasteiger partial charge < -0.3 is 10.5 Å². The van der Waals surface area contributed by atoms with Crippen LogP contribution in [-0.2, 0) is 0 Å². The van der Waals surface area contributed by atoms with Crippen molar-refractivity contribution in [3.63, 3.8) is 0 Å². The molecule has 0 bridgehead atoms. The minimum absolute atomic E-state index is 0.243. The summed E-state index contributed by atoms with van der Waals surface area (Å²) in [5, 5.41) is 6.29. The number of aromatic amines is 1. The Bertz CT molecular complexity index is 505. The number of H-pyrrole nitrogens is 1. The zero-order valence-corrected chi connectivity index (χ0v) is 8.71. The van der Waals surface area contributed by atoms with Gasteiger partial charge in [0.1, 0.15) is 5.75 Å². The molecule has 0 spiro atoms. The van der Waals surface area contributed by atoms with E-state index in [9.17, 15) is 0 Å². The van der Waals surface area contributed by atoms with Gasteiger partial charge in [-0.2, -0.15) is 4.98 Å². The maximum atomic E-state index is 5.38. The van der Waals surface area contributed by atoms with Gasteiger partial charge in [-0.15, -0.1) is 5.10 Å². The van der Waals surface area contributed by atoms with Crippen molar-refractivity contribution in [2.45, 2.75) is 0 Å². The number of anilines is 1. The summed E-state index contributed by atoms with van der Waals surface area (Å²) >= 11 is 0. The highest BCUT2D eigenvalue weighted by Gasteiger charge is 1.99. The van der Waals surface area contributed by atoms with Gasteiger partial charge in [0.15, 0.2) is 0 Å². The van der Waals surface area contributed by atoms with Gasteiger partial charge in [0.2, 0.25) is 5.95 Å². The molecule has 6 nitrogen and oxygen atoms in total. The first-order valence-corrected chi connectivity index (χ1v) is 4.64. The summed E-state index contributed by atoms with van der Waals surface area (Å²) in [6.07, 6.45) is 1.63. The zero-order chi connectivity index (χ0) is 11.4. The summed E-state index contributed by atoms with van der Waals surface area (Å²) in [5.74, 6) is 1.28. The highest BCUT2D eigenvalue weighted by Crippen LogP contribution is 2.15. The summed E-state index contributed by atoms with van der Waals surface area (Å²) in [6, 6.07) is 7.53. The Morgan fingerprint density at radius 2 is 2.25 bits per heavy atom. The van der Waals surface area contributed by atoms with Crippen molar-refractivity contribution in [3.8, 4) is 5.75 Å². The van der Waals surface area contributed by atoms with Crippen LogP contribution in [0.1, 0.15) is 5.56 Å². The summed E-state index contributed by atoms with van der Waals surface area (Å²) in [7, 11) is 1.61. The number of benzene rings is 1. The molecule has 0 amide bonds. The number of nitrogens with one attached hydrogen (secondary N) is 1. The van der Waals surface area contributed by atoms with Crippen molar-refractivity contribution in [1.82, 2.24) is 15.2 Å². The van der Waals surface area contributed by atoms with E-state index in [1.807, 2.05) is 24.3 Å². The number of nitrogens with two attached hydrogens (primary N) is 1. The van der Waals surface area contributed by atoms with E-state index in [4.69, 9.17) is 10.5 Å². The molecule has 2 aromatic rings. The van der Waals surface area contributed by atoms with Crippen LogP contribution >= 0.6 is 0 Å². The lowest BCUT2D eigenvalue weighted by atomic mass is 10.2. The summed E-state index contributed by atoms with van der Waals surface area (Å²) in [4.78, 5) is 7.92. The fraction of sp³-hybridized carbons (Fsp3) is 0.100. The molecule has 16 heavy (non-hydrogen) atoms. The van der Waals surface area contributed by atoms with Crippen LogP contribution in [0.4, 0.5) is 11.9 Å². The number of ether oxygens (including phenoxy) is 1. The third-order valence-electron chi connectivity index (χ3n) is 1.95. The number of nitrogens with zero attached hydrogens (tertiary/aromatic N) is 3. The second-order valence-corrected chi connectivity index (χ2v) is 3.02. The number of para-hydroxylation sites is 1. The molecule has 82 valence electrons. The predicted molar refractivity (Wildman–Crippen MR) is 61.0 cm³/mol. The predicted octanol–water partition coefficient (Wildman–Crippen LogP) is 1.15. The van der Waals surface area contributed by atoms with Crippen LogP contribution in [-0.4, -0.2) is 28.5 Å². The van der Waals surface area contributed by atoms with Gasteiger partial charge in [-0.05, 0) is 12.1 Å². The van der Waals surface area contributed by atoms with Crippen molar-refractivity contribution in [1.29, 1.82) is 0 Å². The standard InChI is InChI=1S/C10H11N5O/c1-16-8-5-3-2-4-7(8)6-12-10-13-9(11)14-15-10/h2-6H,1H3,(H3,11,13,14,15)/b12-6+. The molecular weight excluding hydrogens is 206 g/mol. The van der Waals surface area contributed by atoms with Crippen LogP contribution in [0.3, 0.4) is 0 Å². The molecule has 0 aliphatic rings. The number of methoxy groups -OCH3 is 1. The number of aromatic nitrogens is 3. The number of nitrogen functional groups attached to an aromatic ring is 1. The number of aliphatic imine (C=N–C) groups is 1. The van der Waals surface area contributed by atoms with E-state index in [2.05, 4.69) is 20.2 Å². The molecule has 1 heterocycles.